The number of unbranched alkanes of at least 4 members (excludes halogenated alkanes) is 1. The van der Waals surface area contributed by atoms with Crippen molar-refractivity contribution in [2.24, 2.45) is 0 Å². The number of ether oxygens (including phenoxy) is 5. The summed E-state index contributed by atoms with van der Waals surface area (Å²) in [4.78, 5) is 5.92. The molecule has 40 heavy (non-hydrogen) atoms. The second-order valence-electron chi connectivity index (χ2n) is 9.02. The standard InChI is InChI=1S/C25H46N2O12S/c1-25(2,30)23-21-22(5-6-24(23)26-40(31,32)33)27(7-12-36-15-17-38-18-16-37-14-9-29)39-20-19-35-11-4-3-10-34-13-8-28/h5-6,21,26,28-30H,3-4,7-20H2,1-2H3,(H,31,32,33). The normalized spacial score (nSPS) is 12.2. The Bertz CT molecular complexity index is 859. The molecule has 0 aliphatic carbocycles. The largest absolute Gasteiger partial charge is 0.394 e. The van der Waals surface area contributed by atoms with E-state index in [9.17, 15) is 18.1 Å². The monoisotopic (exact) mass is 598 g/mol. The highest BCUT2D eigenvalue weighted by molar-refractivity contribution is 7.87. The first kappa shape index (κ1) is 36.4. The molecule has 1 rings (SSSR count). The lowest BCUT2D eigenvalue weighted by Gasteiger charge is -2.28. The molecule has 5 N–H and O–H groups in total. The van der Waals surface area contributed by atoms with Crippen molar-refractivity contribution < 1.29 is 56.8 Å². The van der Waals surface area contributed by atoms with E-state index >= 15 is 0 Å². The summed E-state index contributed by atoms with van der Waals surface area (Å²) in [5.74, 6) is 0. The Morgan fingerprint density at radius 2 is 1.27 bits per heavy atom. The molecule has 0 amide bonds. The van der Waals surface area contributed by atoms with Gasteiger partial charge in [0.1, 0.15) is 0 Å². The summed E-state index contributed by atoms with van der Waals surface area (Å²) in [5, 5.41) is 29.6. The minimum atomic E-state index is -4.55. The van der Waals surface area contributed by atoms with Crippen LogP contribution in [0.25, 0.3) is 0 Å². The Morgan fingerprint density at radius 1 is 0.775 bits per heavy atom. The summed E-state index contributed by atoms with van der Waals surface area (Å²) in [6, 6.07) is 4.58. The molecule has 234 valence electrons. The zero-order valence-corrected chi connectivity index (χ0v) is 24.3. The number of anilines is 2. The Labute approximate surface area is 236 Å². The highest BCUT2D eigenvalue weighted by Gasteiger charge is 2.24. The van der Waals surface area contributed by atoms with Crippen molar-refractivity contribution in [1.29, 1.82) is 0 Å². The average Bonchev–Trinajstić information content (AvgIpc) is 2.88. The van der Waals surface area contributed by atoms with Gasteiger partial charge in [-0.1, -0.05) is 0 Å². The van der Waals surface area contributed by atoms with Gasteiger partial charge in [-0.3, -0.25) is 19.2 Å². The van der Waals surface area contributed by atoms with Gasteiger partial charge in [-0.2, -0.15) is 8.42 Å². The highest BCUT2D eigenvalue weighted by Crippen LogP contribution is 2.32. The van der Waals surface area contributed by atoms with Crippen LogP contribution in [-0.2, 0) is 44.4 Å². The number of rotatable bonds is 26. The number of hydrogen-bond acceptors (Lipinski definition) is 12. The molecule has 0 saturated carbocycles. The molecule has 1 aromatic carbocycles. The zero-order valence-electron chi connectivity index (χ0n) is 23.5. The molecular formula is C25H46N2O12S. The van der Waals surface area contributed by atoms with Crippen molar-refractivity contribution >= 4 is 21.7 Å². The summed E-state index contributed by atoms with van der Waals surface area (Å²) in [6.45, 7) is 7.23. The quantitative estimate of drug-likeness (QED) is 0.0571. The van der Waals surface area contributed by atoms with Crippen LogP contribution in [0.5, 0.6) is 0 Å². The first-order chi connectivity index (χ1) is 19.1. The molecule has 0 heterocycles. The summed E-state index contributed by atoms with van der Waals surface area (Å²) in [7, 11) is -4.55. The van der Waals surface area contributed by atoms with Gasteiger partial charge in [-0.25, -0.2) is 0 Å². The van der Waals surface area contributed by atoms with Crippen LogP contribution in [0.1, 0.15) is 32.3 Å². The van der Waals surface area contributed by atoms with Crippen molar-refractivity contribution in [2.75, 3.05) is 102 Å². The van der Waals surface area contributed by atoms with Crippen LogP contribution in [0.3, 0.4) is 0 Å². The summed E-state index contributed by atoms with van der Waals surface area (Å²) in [6.07, 6.45) is 1.61. The van der Waals surface area contributed by atoms with Crippen LogP contribution in [-0.4, -0.2) is 121 Å². The van der Waals surface area contributed by atoms with Gasteiger partial charge in [0.2, 0.25) is 0 Å². The second-order valence-corrected chi connectivity index (χ2v) is 10.2. The van der Waals surface area contributed by atoms with Gasteiger partial charge in [0.25, 0.3) is 0 Å². The van der Waals surface area contributed by atoms with Gasteiger partial charge < -0.3 is 39.0 Å². The minimum absolute atomic E-state index is 0.00176. The summed E-state index contributed by atoms with van der Waals surface area (Å²) in [5.41, 5.74) is -0.650. The number of nitrogens with one attached hydrogen (secondary N) is 1. The first-order valence-electron chi connectivity index (χ1n) is 13.2. The molecule has 0 bridgehead atoms. The Kier molecular flexibility index (Phi) is 19.2. The van der Waals surface area contributed by atoms with E-state index in [0.29, 0.717) is 65.1 Å². The van der Waals surface area contributed by atoms with Crippen LogP contribution < -0.4 is 9.79 Å². The third kappa shape index (κ3) is 17.9. The summed E-state index contributed by atoms with van der Waals surface area (Å²) < 4.78 is 61.0. The van der Waals surface area contributed by atoms with Crippen molar-refractivity contribution in [3.8, 4) is 0 Å². The molecule has 0 saturated heterocycles. The Hall–Kier alpha value is -1.63. The molecule has 0 unspecified atom stereocenters. The van der Waals surface area contributed by atoms with Crippen molar-refractivity contribution in [3.05, 3.63) is 23.8 Å². The van der Waals surface area contributed by atoms with E-state index in [-0.39, 0.29) is 44.3 Å². The molecule has 0 fully saturated rings. The van der Waals surface area contributed by atoms with E-state index in [2.05, 4.69) is 0 Å². The third-order valence-corrected chi connectivity index (χ3v) is 5.62. The van der Waals surface area contributed by atoms with Gasteiger partial charge in [-0.05, 0) is 44.9 Å². The number of nitrogens with zero attached hydrogens (tertiary/aromatic N) is 1. The molecule has 0 aliphatic heterocycles. The Morgan fingerprint density at radius 3 is 1.82 bits per heavy atom. The molecule has 0 spiro atoms. The number of hydroxylamine groups is 1. The topological polar surface area (TPSA) is 186 Å². The lowest BCUT2D eigenvalue weighted by atomic mass is 9.96. The predicted molar refractivity (Wildman–Crippen MR) is 148 cm³/mol. The van der Waals surface area contributed by atoms with Gasteiger partial charge in [-0.15, -0.1) is 0 Å². The molecule has 0 aromatic heterocycles. The van der Waals surface area contributed by atoms with Gasteiger partial charge in [0.15, 0.2) is 0 Å². The molecule has 0 aliphatic rings. The maximum Gasteiger partial charge on any atom is 0.357 e. The lowest BCUT2D eigenvalue weighted by Crippen LogP contribution is -2.30. The van der Waals surface area contributed by atoms with E-state index in [1.54, 1.807) is 17.2 Å². The number of benzene rings is 1. The number of hydrogen-bond donors (Lipinski definition) is 5. The average molecular weight is 599 g/mol. The first-order valence-corrected chi connectivity index (χ1v) is 14.7. The van der Waals surface area contributed by atoms with Crippen LogP contribution in [0.2, 0.25) is 0 Å². The van der Waals surface area contributed by atoms with E-state index in [0.717, 1.165) is 12.8 Å². The minimum Gasteiger partial charge on any atom is -0.394 e. The second kappa shape index (κ2) is 21.1. The smallest absolute Gasteiger partial charge is 0.357 e. The molecule has 1 aromatic rings. The molecule has 14 nitrogen and oxygen atoms in total. The van der Waals surface area contributed by atoms with Crippen molar-refractivity contribution in [2.45, 2.75) is 32.3 Å². The molecule has 0 radical (unpaired) electrons. The zero-order chi connectivity index (χ0) is 29.7. The third-order valence-electron chi connectivity index (χ3n) is 5.15. The van der Waals surface area contributed by atoms with E-state index in [1.165, 1.54) is 19.9 Å². The van der Waals surface area contributed by atoms with Crippen LogP contribution in [0, 0.1) is 0 Å². The molecule has 15 heteroatoms. The molecular weight excluding hydrogens is 552 g/mol. The van der Waals surface area contributed by atoms with E-state index in [4.69, 9.17) is 38.7 Å². The lowest BCUT2D eigenvalue weighted by molar-refractivity contribution is 0.000474. The van der Waals surface area contributed by atoms with E-state index < -0.39 is 15.9 Å². The van der Waals surface area contributed by atoms with Crippen LogP contribution in [0.15, 0.2) is 18.2 Å². The number of aliphatic hydroxyl groups excluding tert-OH is 2. The SMILES string of the molecule is CC(C)(O)c1cc(N(CCOCCOCCOCCO)OCCOCCCCOCCO)ccc1NS(=O)(=O)O. The fourth-order valence-electron chi connectivity index (χ4n) is 3.33. The van der Waals surface area contributed by atoms with Gasteiger partial charge >= 0.3 is 10.3 Å². The van der Waals surface area contributed by atoms with E-state index in [1.807, 2.05) is 4.72 Å². The van der Waals surface area contributed by atoms with Crippen LogP contribution in [0.4, 0.5) is 11.4 Å². The molecule has 0 atom stereocenters. The Balaban J connectivity index is 2.68. The van der Waals surface area contributed by atoms with Crippen LogP contribution >= 0.6 is 0 Å². The van der Waals surface area contributed by atoms with Gasteiger partial charge in [0, 0.05) is 18.8 Å². The van der Waals surface area contributed by atoms with Crippen molar-refractivity contribution in [1.82, 2.24) is 0 Å². The fraction of sp³-hybridized carbons (Fsp3) is 0.760. The fourth-order valence-corrected chi connectivity index (χ4v) is 3.78. The maximum atomic E-state index is 11.4. The maximum absolute atomic E-state index is 11.4. The predicted octanol–water partition coefficient (Wildman–Crippen LogP) is 0.715. The van der Waals surface area contributed by atoms with Gasteiger partial charge in [0.05, 0.1) is 96.2 Å². The summed E-state index contributed by atoms with van der Waals surface area (Å²) >= 11 is 0. The van der Waals surface area contributed by atoms with Crippen molar-refractivity contribution in [3.63, 3.8) is 0 Å². The highest BCUT2D eigenvalue weighted by atomic mass is 32.2. The number of aliphatic hydroxyl groups is 3.